The molecule has 36 heavy (non-hydrogen) atoms. The average Bonchev–Trinajstić information content (AvgIpc) is 3.55. The number of nitrogens with one attached hydrogen (secondary N) is 1. The molecule has 0 aliphatic carbocycles. The maximum atomic E-state index is 13.3. The summed E-state index contributed by atoms with van der Waals surface area (Å²) in [6.07, 6.45) is 1.60. The highest BCUT2D eigenvalue weighted by Crippen LogP contribution is 2.30. The summed E-state index contributed by atoms with van der Waals surface area (Å²) < 4.78 is 4.85. The molecule has 2 aromatic carbocycles. The number of tetrazole rings is 1. The normalized spacial score (nSPS) is 11.4. The molecule has 0 saturated carbocycles. The zero-order valence-corrected chi connectivity index (χ0v) is 20.6. The first-order valence-electron chi connectivity index (χ1n) is 12.2. The van der Waals surface area contributed by atoms with Gasteiger partial charge in [0.25, 0.3) is 5.56 Å². The Balaban J connectivity index is 1.58. The van der Waals surface area contributed by atoms with Crippen LogP contribution in [0.1, 0.15) is 38.6 Å². The Morgan fingerprint density at radius 3 is 2.22 bits per heavy atom. The van der Waals surface area contributed by atoms with Gasteiger partial charge in [-0.15, -0.1) is 10.2 Å². The summed E-state index contributed by atoms with van der Waals surface area (Å²) in [7, 11) is 0. The van der Waals surface area contributed by atoms with Crippen LogP contribution in [0.15, 0.2) is 58.1 Å². The smallest absolute Gasteiger partial charge is 0.318 e. The van der Waals surface area contributed by atoms with Crippen molar-refractivity contribution in [3.05, 3.63) is 80.8 Å². The summed E-state index contributed by atoms with van der Waals surface area (Å²) >= 11 is 0. The number of aromatic nitrogens is 8. The molecule has 0 amide bonds. The summed E-state index contributed by atoms with van der Waals surface area (Å²) in [5, 5.41) is 14.4. The highest BCUT2D eigenvalue weighted by Gasteiger charge is 2.20. The first-order valence-corrected chi connectivity index (χ1v) is 12.2. The number of H-pyrrole nitrogens is 1. The molecule has 0 bridgehead atoms. The van der Waals surface area contributed by atoms with E-state index < -0.39 is 0 Å². The van der Waals surface area contributed by atoms with E-state index in [-0.39, 0.29) is 11.2 Å². The summed E-state index contributed by atoms with van der Waals surface area (Å²) in [6.45, 7) is 7.04. The summed E-state index contributed by atoms with van der Waals surface area (Å²) in [6, 6.07) is 16.1. The van der Waals surface area contributed by atoms with Crippen LogP contribution in [0.2, 0.25) is 0 Å². The van der Waals surface area contributed by atoms with Crippen LogP contribution >= 0.6 is 0 Å². The maximum absolute atomic E-state index is 13.3. The van der Waals surface area contributed by atoms with E-state index in [1.807, 2.05) is 42.7 Å². The second-order valence-electron chi connectivity index (χ2n) is 8.59. The van der Waals surface area contributed by atoms with Gasteiger partial charge in [0.2, 0.25) is 5.82 Å². The van der Waals surface area contributed by atoms with Crippen molar-refractivity contribution < 1.29 is 0 Å². The first kappa shape index (κ1) is 23.4. The molecule has 3 heterocycles. The molecule has 3 aromatic heterocycles. The van der Waals surface area contributed by atoms with Gasteiger partial charge in [0.1, 0.15) is 5.82 Å². The van der Waals surface area contributed by atoms with Gasteiger partial charge in [-0.3, -0.25) is 13.9 Å². The van der Waals surface area contributed by atoms with Crippen LogP contribution in [-0.2, 0) is 26.1 Å². The van der Waals surface area contributed by atoms with Crippen LogP contribution in [0.25, 0.3) is 33.7 Å². The van der Waals surface area contributed by atoms with Crippen LogP contribution < -0.4 is 11.2 Å². The van der Waals surface area contributed by atoms with Crippen molar-refractivity contribution in [2.45, 2.75) is 53.2 Å². The predicted molar refractivity (Wildman–Crippen MR) is 138 cm³/mol. The van der Waals surface area contributed by atoms with Crippen molar-refractivity contribution >= 4 is 11.2 Å². The van der Waals surface area contributed by atoms with Crippen molar-refractivity contribution in [3.8, 4) is 22.5 Å². The van der Waals surface area contributed by atoms with Crippen LogP contribution in [0, 0.1) is 0 Å². The predicted octanol–water partition coefficient (Wildman–Crippen LogP) is 3.25. The van der Waals surface area contributed by atoms with Crippen LogP contribution in [0.5, 0.6) is 0 Å². The molecule has 1 N–H and O–H groups in total. The monoisotopic (exact) mass is 484 g/mol. The van der Waals surface area contributed by atoms with Gasteiger partial charge in [-0.1, -0.05) is 55.5 Å². The van der Waals surface area contributed by atoms with Gasteiger partial charge in [-0.05, 0) is 42.2 Å². The molecular weight excluding hydrogens is 456 g/mol. The van der Waals surface area contributed by atoms with E-state index in [9.17, 15) is 9.59 Å². The van der Waals surface area contributed by atoms with Crippen molar-refractivity contribution in [2.24, 2.45) is 0 Å². The number of imidazole rings is 1. The van der Waals surface area contributed by atoms with Crippen LogP contribution in [0.3, 0.4) is 0 Å². The molecule has 0 fully saturated rings. The lowest BCUT2D eigenvalue weighted by molar-refractivity contribution is 0.603. The number of fused-ring (bicyclic) bond motifs is 1. The summed E-state index contributed by atoms with van der Waals surface area (Å²) in [5.74, 6) is 1.35. The van der Waals surface area contributed by atoms with Crippen molar-refractivity contribution in [1.82, 2.24) is 39.3 Å². The van der Waals surface area contributed by atoms with Crippen molar-refractivity contribution in [1.29, 1.82) is 0 Å². The highest BCUT2D eigenvalue weighted by molar-refractivity contribution is 5.80. The molecule has 184 valence electrons. The number of aryl methyl sites for hydroxylation is 2. The second kappa shape index (κ2) is 9.73. The Morgan fingerprint density at radius 1 is 0.861 bits per heavy atom. The molecule has 0 saturated heterocycles. The molecule has 10 nitrogen and oxygen atoms in total. The van der Waals surface area contributed by atoms with Crippen molar-refractivity contribution in [3.63, 3.8) is 0 Å². The fraction of sp³-hybridized carbons (Fsp3) is 0.308. The van der Waals surface area contributed by atoms with Crippen LogP contribution in [-0.4, -0.2) is 39.3 Å². The minimum Gasteiger partial charge on any atom is -0.318 e. The minimum atomic E-state index is -0.310. The molecule has 0 aliphatic rings. The van der Waals surface area contributed by atoms with E-state index in [1.165, 1.54) is 4.57 Å². The molecule has 0 atom stereocenters. The quantitative estimate of drug-likeness (QED) is 0.361. The number of hydrogen-bond donors (Lipinski definition) is 1. The summed E-state index contributed by atoms with van der Waals surface area (Å²) in [5.41, 5.74) is 4.29. The number of rotatable bonds is 8. The van der Waals surface area contributed by atoms with Gasteiger partial charge < -0.3 is 4.57 Å². The molecule has 0 unspecified atom stereocenters. The lowest BCUT2D eigenvalue weighted by Gasteiger charge is -2.12. The standard InChI is InChI=1S/C26H28N8O2/c1-4-9-21-27-24-22(25(35)33(6-3)26(36)32(24)5-2)34(21)16-17-12-14-18(15-13-17)19-10-7-8-11-20(19)23-28-30-31-29-23/h7-8,10-15H,4-6,9,16H2,1-3H3,(H,28,29,30,31). The molecule has 0 aliphatic heterocycles. The van der Waals surface area contributed by atoms with Gasteiger partial charge in [-0.25, -0.2) is 9.78 Å². The minimum absolute atomic E-state index is 0.289. The Bertz CT molecular complexity index is 1630. The third-order valence-corrected chi connectivity index (χ3v) is 6.42. The second-order valence-corrected chi connectivity index (χ2v) is 8.59. The zero-order chi connectivity index (χ0) is 25.2. The average molecular weight is 485 g/mol. The van der Waals surface area contributed by atoms with Gasteiger partial charge in [0, 0.05) is 31.6 Å². The molecular formula is C26H28N8O2. The zero-order valence-electron chi connectivity index (χ0n) is 20.6. The third-order valence-electron chi connectivity index (χ3n) is 6.42. The van der Waals surface area contributed by atoms with Crippen molar-refractivity contribution in [2.75, 3.05) is 0 Å². The lowest BCUT2D eigenvalue weighted by atomic mass is 9.98. The molecule has 10 heteroatoms. The van der Waals surface area contributed by atoms with E-state index in [1.54, 1.807) is 4.57 Å². The lowest BCUT2D eigenvalue weighted by Crippen LogP contribution is -2.40. The molecule has 5 aromatic rings. The van der Waals surface area contributed by atoms with Gasteiger partial charge in [-0.2, -0.15) is 5.21 Å². The van der Waals surface area contributed by atoms with E-state index in [0.717, 1.165) is 34.5 Å². The molecule has 0 spiro atoms. The highest BCUT2D eigenvalue weighted by atomic mass is 16.2. The number of hydrogen-bond acceptors (Lipinski definition) is 6. The summed E-state index contributed by atoms with van der Waals surface area (Å²) in [4.78, 5) is 30.9. The van der Waals surface area contributed by atoms with E-state index in [4.69, 9.17) is 4.98 Å². The van der Waals surface area contributed by atoms with Gasteiger partial charge >= 0.3 is 5.69 Å². The molecule has 5 rings (SSSR count). The Kier molecular flexibility index (Phi) is 6.32. The number of benzene rings is 2. The Hall–Kier alpha value is -4.34. The maximum Gasteiger partial charge on any atom is 0.332 e. The van der Waals surface area contributed by atoms with E-state index in [0.29, 0.717) is 43.0 Å². The first-order chi connectivity index (χ1) is 17.6. The fourth-order valence-corrected chi connectivity index (χ4v) is 4.66. The Labute approximate surface area is 207 Å². The Morgan fingerprint density at radius 2 is 1.58 bits per heavy atom. The molecule has 0 radical (unpaired) electrons. The largest absolute Gasteiger partial charge is 0.332 e. The van der Waals surface area contributed by atoms with Gasteiger partial charge in [0.15, 0.2) is 11.2 Å². The fourth-order valence-electron chi connectivity index (χ4n) is 4.66. The number of nitrogens with zero attached hydrogens (tertiary/aromatic N) is 7. The topological polar surface area (TPSA) is 116 Å². The van der Waals surface area contributed by atoms with Gasteiger partial charge in [0.05, 0.1) is 0 Å². The van der Waals surface area contributed by atoms with E-state index >= 15 is 0 Å². The van der Waals surface area contributed by atoms with Crippen LogP contribution in [0.4, 0.5) is 0 Å². The third kappa shape index (κ3) is 3.94. The van der Waals surface area contributed by atoms with E-state index in [2.05, 4.69) is 51.8 Å². The number of aromatic amines is 1. The SMILES string of the molecule is CCCc1nc2c(c(=O)n(CC)c(=O)n2CC)n1Cc1ccc(-c2ccccc2-c2nn[nH]n2)cc1.